The predicted octanol–water partition coefficient (Wildman–Crippen LogP) is 0.0733. The van der Waals surface area contributed by atoms with E-state index in [1.165, 1.54) is 0 Å². The van der Waals surface area contributed by atoms with Crippen LogP contribution in [0.2, 0.25) is 0 Å². The fourth-order valence-corrected chi connectivity index (χ4v) is 3.31. The van der Waals surface area contributed by atoms with Crippen molar-refractivity contribution in [2.24, 2.45) is 0 Å². The molecular formula is C6H11BrFNO3S. The smallest absolute Gasteiger partial charge is 0.224 e. The van der Waals surface area contributed by atoms with E-state index in [4.69, 9.17) is 5.11 Å². The maximum absolute atomic E-state index is 12.8. The van der Waals surface area contributed by atoms with Gasteiger partial charge in [-0.2, -0.15) is 4.31 Å². The molecule has 0 bridgehead atoms. The van der Waals surface area contributed by atoms with Crippen molar-refractivity contribution in [2.45, 2.75) is 18.6 Å². The number of aliphatic hydroxyl groups is 1. The van der Waals surface area contributed by atoms with Crippen LogP contribution in [0.3, 0.4) is 0 Å². The van der Waals surface area contributed by atoms with Crippen molar-refractivity contribution in [1.29, 1.82) is 0 Å². The van der Waals surface area contributed by atoms with Gasteiger partial charge >= 0.3 is 0 Å². The number of rotatable bonds is 3. The van der Waals surface area contributed by atoms with Crippen LogP contribution in [0.25, 0.3) is 0 Å². The van der Waals surface area contributed by atoms with Crippen LogP contribution in [-0.2, 0) is 10.0 Å². The first kappa shape index (κ1) is 11.4. The van der Waals surface area contributed by atoms with Crippen LogP contribution in [0.4, 0.5) is 4.39 Å². The average Bonchev–Trinajstić information content (AvgIpc) is 2.47. The second-order valence-corrected chi connectivity index (χ2v) is 6.18. The van der Waals surface area contributed by atoms with Crippen molar-refractivity contribution in [3.05, 3.63) is 0 Å². The summed E-state index contributed by atoms with van der Waals surface area (Å²) in [7, 11) is -3.44. The predicted molar refractivity (Wildman–Crippen MR) is 49.8 cm³/mol. The summed E-state index contributed by atoms with van der Waals surface area (Å²) >= 11 is 2.82. The van der Waals surface area contributed by atoms with Crippen molar-refractivity contribution < 1.29 is 17.9 Å². The first-order chi connectivity index (χ1) is 6.01. The summed E-state index contributed by atoms with van der Waals surface area (Å²) in [6.45, 7) is -0.466. The zero-order chi connectivity index (χ0) is 10.1. The molecule has 0 saturated carbocycles. The highest BCUT2D eigenvalue weighted by molar-refractivity contribution is 9.10. The Bertz CT molecular complexity index is 271. The minimum atomic E-state index is -3.44. The van der Waals surface area contributed by atoms with E-state index in [0.717, 1.165) is 4.31 Å². The molecule has 1 N–H and O–H groups in total. The van der Waals surface area contributed by atoms with Crippen LogP contribution >= 0.6 is 15.9 Å². The van der Waals surface area contributed by atoms with E-state index in [0.29, 0.717) is 0 Å². The number of alkyl halides is 2. The molecule has 1 aliphatic heterocycles. The topological polar surface area (TPSA) is 57.6 Å². The number of nitrogens with zero attached hydrogens (tertiary/aromatic N) is 1. The summed E-state index contributed by atoms with van der Waals surface area (Å²) < 4.78 is 36.3. The van der Waals surface area contributed by atoms with Gasteiger partial charge in [0.25, 0.3) is 0 Å². The summed E-state index contributed by atoms with van der Waals surface area (Å²) in [4.78, 5) is 0. The lowest BCUT2D eigenvalue weighted by molar-refractivity contribution is 0.213. The van der Waals surface area contributed by atoms with E-state index in [9.17, 15) is 12.8 Å². The molecule has 0 radical (unpaired) electrons. The third-order valence-corrected chi connectivity index (χ3v) is 5.19. The first-order valence-corrected chi connectivity index (χ1v) is 6.54. The van der Waals surface area contributed by atoms with Crippen molar-refractivity contribution in [2.75, 3.05) is 17.8 Å². The fraction of sp³-hybridized carbons (Fsp3) is 1.00. The summed E-state index contributed by atoms with van der Waals surface area (Å²) in [5, 5.41) is 8.82. The molecule has 1 rings (SSSR count). The van der Waals surface area contributed by atoms with Gasteiger partial charge in [-0.15, -0.1) is 0 Å². The lowest BCUT2D eigenvalue weighted by Crippen LogP contribution is -2.38. The Balaban J connectivity index is 2.80. The van der Waals surface area contributed by atoms with Crippen molar-refractivity contribution in [1.82, 2.24) is 4.31 Å². The Morgan fingerprint density at radius 2 is 2.23 bits per heavy atom. The SMILES string of the molecule is O=S(=O)(CBr)N1CC(F)CC1CO. The van der Waals surface area contributed by atoms with Gasteiger partial charge in [0, 0.05) is 6.54 Å². The zero-order valence-corrected chi connectivity index (χ0v) is 9.26. The molecule has 7 heteroatoms. The highest BCUT2D eigenvalue weighted by atomic mass is 79.9. The van der Waals surface area contributed by atoms with Gasteiger partial charge in [-0.25, -0.2) is 12.8 Å². The fourth-order valence-electron chi connectivity index (χ4n) is 1.40. The number of sulfonamides is 1. The van der Waals surface area contributed by atoms with Crippen LogP contribution in [0, 0.1) is 0 Å². The first-order valence-electron chi connectivity index (χ1n) is 3.81. The van der Waals surface area contributed by atoms with E-state index < -0.39 is 22.2 Å². The second-order valence-electron chi connectivity index (χ2n) is 2.96. The molecule has 0 aromatic rings. The third kappa shape index (κ3) is 2.39. The molecule has 2 unspecified atom stereocenters. The zero-order valence-electron chi connectivity index (χ0n) is 6.86. The second kappa shape index (κ2) is 4.20. The quantitative estimate of drug-likeness (QED) is 0.742. The van der Waals surface area contributed by atoms with Crippen LogP contribution in [0.15, 0.2) is 0 Å². The molecule has 2 atom stereocenters. The maximum atomic E-state index is 12.8. The summed E-state index contributed by atoms with van der Waals surface area (Å²) in [5.41, 5.74) is 0. The van der Waals surface area contributed by atoms with Crippen LogP contribution in [0.1, 0.15) is 6.42 Å². The minimum absolute atomic E-state index is 0.0860. The molecule has 0 amide bonds. The molecule has 1 fully saturated rings. The van der Waals surface area contributed by atoms with E-state index in [1.54, 1.807) is 0 Å². The van der Waals surface area contributed by atoms with E-state index in [-0.39, 0.29) is 24.2 Å². The Hall–Kier alpha value is 0.280. The molecule has 0 aromatic carbocycles. The number of aliphatic hydroxyl groups excluding tert-OH is 1. The molecular weight excluding hydrogens is 265 g/mol. The molecule has 13 heavy (non-hydrogen) atoms. The van der Waals surface area contributed by atoms with E-state index >= 15 is 0 Å². The summed E-state index contributed by atoms with van der Waals surface area (Å²) in [6.07, 6.45) is -1.08. The van der Waals surface area contributed by atoms with Gasteiger partial charge in [0.2, 0.25) is 10.0 Å². The van der Waals surface area contributed by atoms with Crippen LogP contribution in [-0.4, -0.2) is 47.9 Å². The normalized spacial score (nSPS) is 31.0. The highest BCUT2D eigenvalue weighted by Crippen LogP contribution is 2.24. The summed E-state index contributed by atoms with van der Waals surface area (Å²) in [5.74, 6) is 0. The standard InChI is InChI=1S/C6H11BrFNO3S/c7-4-13(11,12)9-2-5(8)1-6(9)3-10/h5-6,10H,1-4H2. The Morgan fingerprint density at radius 1 is 1.62 bits per heavy atom. The Kier molecular flexibility index (Phi) is 3.67. The molecule has 78 valence electrons. The monoisotopic (exact) mass is 275 g/mol. The maximum Gasteiger partial charge on any atom is 0.224 e. The van der Waals surface area contributed by atoms with Gasteiger partial charge in [-0.3, -0.25) is 0 Å². The number of hydrogen-bond donors (Lipinski definition) is 1. The highest BCUT2D eigenvalue weighted by Gasteiger charge is 2.38. The molecule has 0 aromatic heterocycles. The van der Waals surface area contributed by atoms with Gasteiger partial charge in [0.1, 0.15) is 10.8 Å². The lowest BCUT2D eigenvalue weighted by Gasteiger charge is -2.20. The molecule has 1 aliphatic rings. The molecule has 1 heterocycles. The average molecular weight is 276 g/mol. The Labute approximate surface area is 84.9 Å². The van der Waals surface area contributed by atoms with Gasteiger partial charge in [0.15, 0.2) is 0 Å². The van der Waals surface area contributed by atoms with Gasteiger partial charge < -0.3 is 5.11 Å². The van der Waals surface area contributed by atoms with Gasteiger partial charge in [-0.1, -0.05) is 15.9 Å². The largest absolute Gasteiger partial charge is 0.395 e. The lowest BCUT2D eigenvalue weighted by atomic mass is 10.2. The van der Waals surface area contributed by atoms with E-state index in [2.05, 4.69) is 15.9 Å². The van der Waals surface area contributed by atoms with Crippen molar-refractivity contribution in [3.63, 3.8) is 0 Å². The number of halogens is 2. The molecule has 4 nitrogen and oxygen atoms in total. The van der Waals surface area contributed by atoms with Gasteiger partial charge in [0.05, 0.1) is 12.6 Å². The molecule has 0 aliphatic carbocycles. The van der Waals surface area contributed by atoms with Crippen molar-refractivity contribution in [3.8, 4) is 0 Å². The molecule has 1 saturated heterocycles. The Morgan fingerprint density at radius 3 is 2.69 bits per heavy atom. The van der Waals surface area contributed by atoms with Gasteiger partial charge in [-0.05, 0) is 6.42 Å². The van der Waals surface area contributed by atoms with Crippen molar-refractivity contribution >= 4 is 26.0 Å². The number of hydrogen-bond acceptors (Lipinski definition) is 3. The minimum Gasteiger partial charge on any atom is -0.395 e. The van der Waals surface area contributed by atoms with Crippen LogP contribution < -0.4 is 0 Å². The molecule has 0 spiro atoms. The van der Waals surface area contributed by atoms with E-state index in [1.807, 2.05) is 0 Å². The third-order valence-electron chi connectivity index (χ3n) is 2.02. The summed E-state index contributed by atoms with van der Waals surface area (Å²) in [6, 6.07) is -0.599. The van der Waals surface area contributed by atoms with Crippen LogP contribution in [0.5, 0.6) is 0 Å².